The summed E-state index contributed by atoms with van der Waals surface area (Å²) >= 11 is 7.66. The minimum Gasteiger partial charge on any atom is -0.379 e. The van der Waals surface area contributed by atoms with Gasteiger partial charge in [-0.05, 0) is 29.1 Å². The number of ketones is 1. The van der Waals surface area contributed by atoms with Crippen LogP contribution in [-0.2, 0) is 9.47 Å². The second-order valence-electron chi connectivity index (χ2n) is 7.08. The van der Waals surface area contributed by atoms with Crippen molar-refractivity contribution in [2.45, 2.75) is 12.1 Å². The van der Waals surface area contributed by atoms with Crippen molar-refractivity contribution in [1.82, 2.24) is 9.80 Å². The average Bonchev–Trinajstić information content (AvgIpc) is 3.29. The van der Waals surface area contributed by atoms with Crippen LogP contribution in [0.5, 0.6) is 0 Å². The molecule has 0 radical (unpaired) electrons. The summed E-state index contributed by atoms with van der Waals surface area (Å²) in [6, 6.07) is 11.5. The van der Waals surface area contributed by atoms with Crippen molar-refractivity contribution in [2.75, 3.05) is 52.6 Å². The van der Waals surface area contributed by atoms with E-state index in [-0.39, 0.29) is 17.9 Å². The minimum absolute atomic E-state index is 0.0473. The molecule has 2 saturated heterocycles. The van der Waals surface area contributed by atoms with Crippen LogP contribution in [0.4, 0.5) is 0 Å². The molecule has 2 fully saturated rings. The number of rotatable bonds is 6. The molecule has 0 N–H and O–H groups in total. The van der Waals surface area contributed by atoms with Crippen LogP contribution in [0.25, 0.3) is 0 Å². The number of thiophene rings is 1. The molecule has 150 valence electrons. The molecule has 28 heavy (non-hydrogen) atoms. The van der Waals surface area contributed by atoms with Gasteiger partial charge in [0, 0.05) is 31.2 Å². The van der Waals surface area contributed by atoms with E-state index in [0.717, 1.165) is 36.6 Å². The molecular weight excluding hydrogens is 396 g/mol. The Morgan fingerprint density at radius 3 is 2.11 bits per heavy atom. The number of ether oxygens (including phenoxy) is 2. The van der Waals surface area contributed by atoms with E-state index >= 15 is 0 Å². The predicted octanol–water partition coefficient (Wildman–Crippen LogP) is 3.36. The van der Waals surface area contributed by atoms with Crippen molar-refractivity contribution in [1.29, 1.82) is 0 Å². The maximum atomic E-state index is 13.7. The molecular formula is C21H25ClN2O3S. The van der Waals surface area contributed by atoms with E-state index in [9.17, 15) is 4.79 Å². The molecule has 0 amide bonds. The summed E-state index contributed by atoms with van der Waals surface area (Å²) in [7, 11) is 0. The standard InChI is InChI=1S/C21H25ClN2O3S/c22-17-5-3-16(4-6-17)19(23-7-11-26-12-8-23)20(24-9-13-27-14-10-24)21(25)18-2-1-15-28-18/h1-6,15,19-20H,7-14H2/t19-,20+/m0/s1. The predicted molar refractivity (Wildman–Crippen MR) is 111 cm³/mol. The van der Waals surface area contributed by atoms with Crippen LogP contribution >= 0.6 is 22.9 Å². The van der Waals surface area contributed by atoms with Crippen molar-refractivity contribution < 1.29 is 14.3 Å². The Kier molecular flexibility index (Phi) is 6.77. The Morgan fingerprint density at radius 1 is 0.929 bits per heavy atom. The van der Waals surface area contributed by atoms with Crippen LogP contribution in [0.15, 0.2) is 41.8 Å². The second-order valence-corrected chi connectivity index (χ2v) is 8.46. The molecule has 0 bridgehead atoms. The smallest absolute Gasteiger partial charge is 0.191 e. The van der Waals surface area contributed by atoms with Gasteiger partial charge in [-0.1, -0.05) is 29.8 Å². The zero-order valence-electron chi connectivity index (χ0n) is 15.8. The van der Waals surface area contributed by atoms with Gasteiger partial charge in [-0.2, -0.15) is 0 Å². The highest BCUT2D eigenvalue weighted by molar-refractivity contribution is 7.12. The van der Waals surface area contributed by atoms with Gasteiger partial charge in [0.05, 0.1) is 43.4 Å². The Labute approximate surface area is 174 Å². The lowest BCUT2D eigenvalue weighted by Crippen LogP contribution is -2.55. The fourth-order valence-electron chi connectivity index (χ4n) is 4.04. The van der Waals surface area contributed by atoms with Crippen molar-refractivity contribution in [3.8, 4) is 0 Å². The normalized spacial score (nSPS) is 21.3. The summed E-state index contributed by atoms with van der Waals surface area (Å²) in [4.78, 5) is 19.2. The summed E-state index contributed by atoms with van der Waals surface area (Å²) in [5.74, 6) is 0.184. The SMILES string of the molecule is O=C(c1cccs1)[C@@H]([C@H](c1ccc(Cl)cc1)N1CCOCC1)N1CCOCC1. The number of halogens is 1. The fourth-order valence-corrected chi connectivity index (χ4v) is 4.86. The molecule has 0 spiro atoms. The number of hydrogen-bond acceptors (Lipinski definition) is 6. The van der Waals surface area contributed by atoms with Gasteiger partial charge in [0.1, 0.15) is 0 Å². The van der Waals surface area contributed by atoms with Crippen molar-refractivity contribution in [3.63, 3.8) is 0 Å². The third kappa shape index (κ3) is 4.48. The summed E-state index contributed by atoms with van der Waals surface area (Å²) in [6.45, 7) is 5.83. The van der Waals surface area contributed by atoms with Gasteiger partial charge in [0.25, 0.3) is 0 Å². The van der Waals surface area contributed by atoms with Crippen LogP contribution in [0.2, 0.25) is 5.02 Å². The molecule has 2 aliphatic rings. The van der Waals surface area contributed by atoms with Gasteiger partial charge in [-0.15, -0.1) is 11.3 Å². The monoisotopic (exact) mass is 420 g/mol. The third-order valence-electron chi connectivity index (χ3n) is 5.42. The molecule has 5 nitrogen and oxygen atoms in total. The number of carbonyl (C=O) groups excluding carboxylic acids is 1. The number of Topliss-reactive ketones (excluding diaryl/α,β-unsaturated/α-hetero) is 1. The largest absolute Gasteiger partial charge is 0.379 e. The maximum Gasteiger partial charge on any atom is 0.191 e. The first-order chi connectivity index (χ1) is 13.7. The molecule has 1 aromatic heterocycles. The zero-order valence-corrected chi connectivity index (χ0v) is 17.3. The fraction of sp³-hybridized carbons (Fsp3) is 0.476. The van der Waals surface area contributed by atoms with Gasteiger partial charge in [-0.3, -0.25) is 14.6 Å². The number of hydrogen-bond donors (Lipinski definition) is 0. The number of nitrogens with zero attached hydrogens (tertiary/aromatic N) is 2. The molecule has 3 heterocycles. The van der Waals surface area contributed by atoms with Crippen LogP contribution in [-0.4, -0.2) is 74.2 Å². The van der Waals surface area contributed by atoms with E-state index in [0.29, 0.717) is 31.5 Å². The molecule has 2 aromatic rings. The Hall–Kier alpha value is -1.28. The van der Waals surface area contributed by atoms with Gasteiger partial charge in [0.2, 0.25) is 0 Å². The van der Waals surface area contributed by atoms with Crippen molar-refractivity contribution >= 4 is 28.7 Å². The summed E-state index contributed by atoms with van der Waals surface area (Å²) in [6.07, 6.45) is 0. The number of benzene rings is 1. The lowest BCUT2D eigenvalue weighted by Gasteiger charge is -2.44. The molecule has 0 unspecified atom stereocenters. The van der Waals surface area contributed by atoms with E-state index in [1.807, 2.05) is 29.6 Å². The van der Waals surface area contributed by atoms with E-state index < -0.39 is 0 Å². The summed E-state index contributed by atoms with van der Waals surface area (Å²) < 4.78 is 11.1. The average molecular weight is 421 g/mol. The first-order valence-electron chi connectivity index (χ1n) is 9.71. The van der Waals surface area contributed by atoms with Gasteiger partial charge in [-0.25, -0.2) is 0 Å². The second kappa shape index (κ2) is 9.48. The molecule has 0 aliphatic carbocycles. The maximum absolute atomic E-state index is 13.7. The lowest BCUT2D eigenvalue weighted by atomic mass is 9.91. The molecule has 1 aromatic carbocycles. The van der Waals surface area contributed by atoms with Gasteiger partial charge < -0.3 is 9.47 Å². The Morgan fingerprint density at radius 2 is 1.54 bits per heavy atom. The van der Waals surface area contributed by atoms with Crippen molar-refractivity contribution in [2.24, 2.45) is 0 Å². The van der Waals surface area contributed by atoms with Crippen LogP contribution < -0.4 is 0 Å². The van der Waals surface area contributed by atoms with Crippen LogP contribution in [0.3, 0.4) is 0 Å². The minimum atomic E-state index is -0.262. The third-order valence-corrected chi connectivity index (χ3v) is 6.56. The number of morpholine rings is 2. The highest BCUT2D eigenvalue weighted by atomic mass is 35.5. The Bertz CT molecular complexity index is 756. The first kappa shape index (κ1) is 20.0. The highest BCUT2D eigenvalue weighted by Crippen LogP contribution is 2.33. The Balaban J connectivity index is 1.74. The number of carbonyl (C=O) groups is 1. The topological polar surface area (TPSA) is 42.0 Å². The van der Waals surface area contributed by atoms with E-state index in [4.69, 9.17) is 21.1 Å². The van der Waals surface area contributed by atoms with Gasteiger partial charge >= 0.3 is 0 Å². The van der Waals surface area contributed by atoms with Crippen molar-refractivity contribution in [3.05, 3.63) is 57.2 Å². The van der Waals surface area contributed by atoms with E-state index in [2.05, 4.69) is 21.9 Å². The molecule has 2 atom stereocenters. The van der Waals surface area contributed by atoms with Gasteiger partial charge in [0.15, 0.2) is 5.78 Å². The quantitative estimate of drug-likeness (QED) is 0.670. The molecule has 2 aliphatic heterocycles. The molecule has 0 saturated carbocycles. The zero-order chi connectivity index (χ0) is 19.3. The van der Waals surface area contributed by atoms with E-state index in [1.165, 1.54) is 11.3 Å². The molecule has 7 heteroatoms. The lowest BCUT2D eigenvalue weighted by molar-refractivity contribution is -0.0300. The van der Waals surface area contributed by atoms with Crippen LogP contribution in [0, 0.1) is 0 Å². The van der Waals surface area contributed by atoms with Crippen LogP contribution in [0.1, 0.15) is 21.3 Å². The highest BCUT2D eigenvalue weighted by Gasteiger charge is 2.40. The summed E-state index contributed by atoms with van der Waals surface area (Å²) in [5, 5.41) is 2.67. The molecule has 4 rings (SSSR count). The van der Waals surface area contributed by atoms with E-state index in [1.54, 1.807) is 0 Å². The first-order valence-corrected chi connectivity index (χ1v) is 11.0. The summed E-state index contributed by atoms with van der Waals surface area (Å²) in [5.41, 5.74) is 1.12.